The Morgan fingerprint density at radius 1 is 1.33 bits per heavy atom. The number of halogens is 1. The summed E-state index contributed by atoms with van der Waals surface area (Å²) >= 11 is 5.93. The predicted octanol–water partition coefficient (Wildman–Crippen LogP) is 2.38. The van der Waals surface area contributed by atoms with E-state index < -0.39 is 5.97 Å². The predicted molar refractivity (Wildman–Crippen MR) is 79.5 cm³/mol. The number of fused-ring (bicyclic) bond motifs is 1. The summed E-state index contributed by atoms with van der Waals surface area (Å²) in [5.41, 5.74) is 1.57. The first-order valence-corrected chi connectivity index (χ1v) is 7.32. The van der Waals surface area contributed by atoms with Crippen molar-refractivity contribution < 1.29 is 14.3 Å². The highest BCUT2D eigenvalue weighted by atomic mass is 35.5. The number of esters is 1. The van der Waals surface area contributed by atoms with Crippen molar-refractivity contribution in [3.05, 3.63) is 23.7 Å². The highest BCUT2D eigenvalue weighted by Gasteiger charge is 2.14. The molecule has 0 aromatic carbocycles. The van der Waals surface area contributed by atoms with Crippen molar-refractivity contribution in [3.63, 3.8) is 0 Å². The van der Waals surface area contributed by atoms with Crippen LogP contribution in [0.4, 0.5) is 0 Å². The summed E-state index contributed by atoms with van der Waals surface area (Å²) in [6, 6.07) is 3.34. The number of alkyl halides is 1. The van der Waals surface area contributed by atoms with Gasteiger partial charge in [0.1, 0.15) is 11.3 Å². The van der Waals surface area contributed by atoms with Gasteiger partial charge < -0.3 is 14.0 Å². The summed E-state index contributed by atoms with van der Waals surface area (Å²) in [4.78, 5) is 20.3. The number of hydrogen-bond donors (Lipinski definition) is 0. The largest absolute Gasteiger partial charge is 0.464 e. The van der Waals surface area contributed by atoms with Gasteiger partial charge in [0.05, 0.1) is 19.6 Å². The van der Waals surface area contributed by atoms with E-state index in [-0.39, 0.29) is 11.6 Å². The minimum absolute atomic E-state index is 0.252. The van der Waals surface area contributed by atoms with Crippen LogP contribution in [0.5, 0.6) is 0 Å². The van der Waals surface area contributed by atoms with Gasteiger partial charge >= 0.3 is 5.97 Å². The van der Waals surface area contributed by atoms with Crippen molar-refractivity contribution in [3.8, 4) is 0 Å². The zero-order valence-corrected chi connectivity index (χ0v) is 12.9. The van der Waals surface area contributed by atoms with Crippen LogP contribution in [0.15, 0.2) is 12.1 Å². The number of rotatable bonds is 7. The average Bonchev–Trinajstić information content (AvgIpc) is 2.87. The van der Waals surface area contributed by atoms with Crippen LogP contribution in [-0.4, -0.2) is 40.8 Å². The van der Waals surface area contributed by atoms with E-state index >= 15 is 0 Å². The molecule has 6 nitrogen and oxygen atoms in total. The number of carbonyl (C=O) groups is 1. The molecule has 0 unspecified atom stereocenters. The molecule has 0 aliphatic rings. The van der Waals surface area contributed by atoms with Crippen molar-refractivity contribution in [1.29, 1.82) is 0 Å². The van der Waals surface area contributed by atoms with Gasteiger partial charge in [-0.3, -0.25) is 0 Å². The van der Waals surface area contributed by atoms with Crippen LogP contribution in [0.1, 0.15) is 29.7 Å². The first kappa shape index (κ1) is 15.7. The molecule has 0 radical (unpaired) electrons. The smallest absolute Gasteiger partial charge is 0.356 e. The van der Waals surface area contributed by atoms with Crippen molar-refractivity contribution >= 4 is 28.7 Å². The number of nitrogens with zero attached hydrogens (tertiary/aromatic N) is 3. The van der Waals surface area contributed by atoms with Crippen molar-refractivity contribution in [2.45, 2.75) is 25.8 Å². The quantitative estimate of drug-likeness (QED) is 0.446. The molecular formula is C14H18ClN3O3. The van der Waals surface area contributed by atoms with Crippen LogP contribution in [0.2, 0.25) is 0 Å². The molecule has 0 N–H and O–H groups in total. The lowest BCUT2D eigenvalue weighted by Gasteiger charge is -2.08. The third-order valence-corrected chi connectivity index (χ3v) is 3.23. The molecule has 0 bridgehead atoms. The number of ether oxygens (including phenoxy) is 2. The van der Waals surface area contributed by atoms with Gasteiger partial charge in [-0.1, -0.05) is 6.92 Å². The SMILES string of the molecule is CCCOCCn1c(CCl)nc2ccc(C(=O)OC)nc21. The number of imidazole rings is 1. The molecule has 0 spiro atoms. The van der Waals surface area contributed by atoms with Gasteiger partial charge in [-0.15, -0.1) is 11.6 Å². The van der Waals surface area contributed by atoms with E-state index in [0.717, 1.165) is 6.42 Å². The van der Waals surface area contributed by atoms with Gasteiger partial charge in [-0.25, -0.2) is 14.8 Å². The Balaban J connectivity index is 2.32. The second-order valence-corrected chi connectivity index (χ2v) is 4.72. The Morgan fingerprint density at radius 2 is 2.14 bits per heavy atom. The van der Waals surface area contributed by atoms with E-state index in [1.807, 2.05) is 4.57 Å². The van der Waals surface area contributed by atoms with Gasteiger partial charge in [-0.2, -0.15) is 0 Å². The fraction of sp³-hybridized carbons (Fsp3) is 0.500. The molecule has 114 valence electrons. The Bertz CT molecular complexity index is 627. The normalized spacial score (nSPS) is 11.0. The van der Waals surface area contributed by atoms with Crippen LogP contribution in [0.25, 0.3) is 11.2 Å². The molecule has 7 heteroatoms. The van der Waals surface area contributed by atoms with E-state index in [0.29, 0.717) is 36.7 Å². The van der Waals surface area contributed by atoms with Gasteiger partial charge in [0.25, 0.3) is 0 Å². The molecule has 2 rings (SSSR count). The van der Waals surface area contributed by atoms with Crippen LogP contribution in [-0.2, 0) is 21.9 Å². The standard InChI is InChI=1S/C14H18ClN3O3/c1-3-7-21-8-6-18-12(9-15)16-10-4-5-11(14(19)20-2)17-13(10)18/h4-5H,3,6-9H2,1-2H3. The maximum Gasteiger partial charge on any atom is 0.356 e. The third-order valence-electron chi connectivity index (χ3n) is 2.99. The highest BCUT2D eigenvalue weighted by molar-refractivity contribution is 6.16. The molecular weight excluding hydrogens is 294 g/mol. The van der Waals surface area contributed by atoms with Crippen LogP contribution < -0.4 is 0 Å². The maximum atomic E-state index is 11.6. The van der Waals surface area contributed by atoms with E-state index in [1.165, 1.54) is 7.11 Å². The first-order chi connectivity index (χ1) is 10.2. The lowest BCUT2D eigenvalue weighted by atomic mass is 10.3. The maximum absolute atomic E-state index is 11.6. The lowest BCUT2D eigenvalue weighted by Crippen LogP contribution is -2.11. The fourth-order valence-electron chi connectivity index (χ4n) is 2.01. The molecule has 0 amide bonds. The Hall–Kier alpha value is -1.66. The van der Waals surface area contributed by atoms with Gasteiger partial charge in [0.15, 0.2) is 11.3 Å². The van der Waals surface area contributed by atoms with E-state index in [4.69, 9.17) is 16.3 Å². The molecule has 0 saturated carbocycles. The second kappa shape index (κ2) is 7.38. The monoisotopic (exact) mass is 311 g/mol. The summed E-state index contributed by atoms with van der Waals surface area (Å²) < 4.78 is 12.1. The highest BCUT2D eigenvalue weighted by Crippen LogP contribution is 2.17. The molecule has 0 saturated heterocycles. The van der Waals surface area contributed by atoms with Crippen molar-refractivity contribution in [2.24, 2.45) is 0 Å². The van der Waals surface area contributed by atoms with Gasteiger partial charge in [-0.05, 0) is 18.6 Å². The summed E-state index contributed by atoms with van der Waals surface area (Å²) in [5, 5.41) is 0. The summed E-state index contributed by atoms with van der Waals surface area (Å²) in [7, 11) is 1.33. The lowest BCUT2D eigenvalue weighted by molar-refractivity contribution is 0.0594. The molecule has 0 aliphatic heterocycles. The summed E-state index contributed by atoms with van der Waals surface area (Å²) in [6.07, 6.45) is 0.970. The van der Waals surface area contributed by atoms with Gasteiger partial charge in [0, 0.05) is 13.2 Å². The fourth-order valence-corrected chi connectivity index (χ4v) is 2.21. The number of hydrogen-bond acceptors (Lipinski definition) is 5. The number of aromatic nitrogens is 3. The first-order valence-electron chi connectivity index (χ1n) is 6.79. The van der Waals surface area contributed by atoms with Crippen molar-refractivity contribution in [1.82, 2.24) is 14.5 Å². The molecule has 2 aromatic heterocycles. The van der Waals surface area contributed by atoms with E-state index in [1.54, 1.807) is 12.1 Å². The number of pyridine rings is 1. The molecule has 21 heavy (non-hydrogen) atoms. The Morgan fingerprint density at radius 3 is 2.81 bits per heavy atom. The van der Waals surface area contributed by atoms with Crippen LogP contribution in [0, 0.1) is 0 Å². The third kappa shape index (κ3) is 3.51. The minimum atomic E-state index is -0.473. The molecule has 2 aromatic rings. The summed E-state index contributed by atoms with van der Waals surface area (Å²) in [5.74, 6) is 0.512. The van der Waals surface area contributed by atoms with Crippen molar-refractivity contribution in [2.75, 3.05) is 20.3 Å². The van der Waals surface area contributed by atoms with E-state index in [9.17, 15) is 4.79 Å². The molecule has 0 atom stereocenters. The topological polar surface area (TPSA) is 66.2 Å². The molecule has 0 aliphatic carbocycles. The van der Waals surface area contributed by atoms with Crippen LogP contribution in [0.3, 0.4) is 0 Å². The zero-order valence-electron chi connectivity index (χ0n) is 12.1. The van der Waals surface area contributed by atoms with Gasteiger partial charge in [0.2, 0.25) is 0 Å². The Kier molecular flexibility index (Phi) is 5.52. The molecule has 0 fully saturated rings. The zero-order chi connectivity index (χ0) is 15.2. The van der Waals surface area contributed by atoms with Crippen LogP contribution >= 0.6 is 11.6 Å². The summed E-state index contributed by atoms with van der Waals surface area (Å²) in [6.45, 7) is 3.91. The second-order valence-electron chi connectivity index (χ2n) is 4.46. The average molecular weight is 312 g/mol. The molecule has 2 heterocycles. The number of methoxy groups -OCH3 is 1. The van der Waals surface area contributed by atoms with E-state index in [2.05, 4.69) is 21.6 Å². The minimum Gasteiger partial charge on any atom is -0.464 e. The number of carbonyl (C=O) groups excluding carboxylic acids is 1. The Labute approximate surface area is 128 Å².